The van der Waals surface area contributed by atoms with Crippen LogP contribution in [0.4, 0.5) is 0 Å². The summed E-state index contributed by atoms with van der Waals surface area (Å²) >= 11 is 0. The lowest BCUT2D eigenvalue weighted by molar-refractivity contribution is 0.558. The number of hydrogen-bond acceptors (Lipinski definition) is 1. The lowest BCUT2D eigenvalue weighted by Crippen LogP contribution is -2.00. The molecule has 2 heteroatoms. The van der Waals surface area contributed by atoms with Crippen molar-refractivity contribution in [3.63, 3.8) is 0 Å². The van der Waals surface area contributed by atoms with Crippen molar-refractivity contribution in [3.8, 4) is 0 Å². The molecular weight excluding hydrogens is 316 g/mol. The minimum atomic E-state index is 0.868. The van der Waals surface area contributed by atoms with Crippen molar-refractivity contribution < 1.29 is 0 Å². The summed E-state index contributed by atoms with van der Waals surface area (Å²) in [7, 11) is 0. The fourth-order valence-corrected chi connectivity index (χ4v) is 3.54. The van der Waals surface area contributed by atoms with E-state index in [4.69, 9.17) is 0 Å². The van der Waals surface area contributed by atoms with Crippen LogP contribution in [0, 0.1) is 0 Å². The zero-order valence-electron chi connectivity index (χ0n) is 16.6. The number of allylic oxidation sites excluding steroid dienone is 1. The molecule has 26 heavy (non-hydrogen) atoms. The average Bonchev–Trinajstić information content (AvgIpc) is 3.16. The number of unbranched alkanes of at least 4 members (excludes halogenated alkanes) is 9. The molecule has 142 valence electrons. The van der Waals surface area contributed by atoms with Crippen LogP contribution in [0.15, 0.2) is 49.6 Å². The Morgan fingerprint density at radius 3 is 2.23 bits per heavy atom. The van der Waals surface area contributed by atoms with Gasteiger partial charge >= 0.3 is 0 Å². The zero-order chi connectivity index (χ0) is 18.5. The fourth-order valence-electron chi connectivity index (χ4n) is 3.54. The Morgan fingerprint density at radius 1 is 0.923 bits per heavy atom. The second-order valence-corrected chi connectivity index (χ2v) is 7.43. The van der Waals surface area contributed by atoms with Gasteiger partial charge in [-0.2, -0.15) is 0 Å². The minimum Gasteiger partial charge on any atom is -0.333 e. The van der Waals surface area contributed by atoms with E-state index < -0.39 is 0 Å². The van der Waals surface area contributed by atoms with E-state index in [9.17, 15) is 0 Å². The first-order valence-corrected chi connectivity index (χ1v) is 10.5. The van der Waals surface area contributed by atoms with Crippen LogP contribution < -0.4 is 0 Å². The molecule has 0 aliphatic heterocycles. The van der Waals surface area contributed by atoms with E-state index in [2.05, 4.69) is 47.3 Å². The largest absolute Gasteiger partial charge is 0.333 e. The van der Waals surface area contributed by atoms with Gasteiger partial charge in [0, 0.05) is 18.9 Å². The summed E-state index contributed by atoms with van der Waals surface area (Å²) < 4.78 is 2.12. The Labute approximate surface area is 160 Å². The molecule has 0 saturated carbocycles. The van der Waals surface area contributed by atoms with Crippen molar-refractivity contribution in [1.29, 1.82) is 0 Å². The third-order valence-corrected chi connectivity index (χ3v) is 5.14. The molecule has 0 fully saturated rings. The molecule has 0 bridgehead atoms. The van der Waals surface area contributed by atoms with Gasteiger partial charge in [0.05, 0.1) is 6.33 Å². The van der Waals surface area contributed by atoms with Crippen molar-refractivity contribution >= 4 is 5.57 Å². The average molecular weight is 353 g/mol. The van der Waals surface area contributed by atoms with Gasteiger partial charge in [-0.15, -0.1) is 0 Å². The van der Waals surface area contributed by atoms with Gasteiger partial charge in [0.1, 0.15) is 0 Å². The Hall–Kier alpha value is -1.83. The van der Waals surface area contributed by atoms with Crippen LogP contribution in [0.3, 0.4) is 0 Å². The third kappa shape index (κ3) is 7.59. The number of benzene rings is 1. The van der Waals surface area contributed by atoms with E-state index in [0.29, 0.717) is 0 Å². The summed E-state index contributed by atoms with van der Waals surface area (Å²) in [6.07, 6.45) is 20.6. The molecule has 1 heterocycles. The SMILES string of the molecule is C=C(CCCCCCCCCCCC)c1ccccc1Cn1ccnc1. The second-order valence-electron chi connectivity index (χ2n) is 7.43. The van der Waals surface area contributed by atoms with E-state index in [1.165, 1.54) is 80.9 Å². The Morgan fingerprint density at radius 2 is 1.58 bits per heavy atom. The van der Waals surface area contributed by atoms with Crippen LogP contribution in [0.5, 0.6) is 0 Å². The second kappa shape index (κ2) is 12.5. The maximum Gasteiger partial charge on any atom is 0.0949 e. The van der Waals surface area contributed by atoms with Crippen molar-refractivity contribution in [2.24, 2.45) is 0 Å². The minimum absolute atomic E-state index is 0.868. The molecule has 0 aliphatic rings. The van der Waals surface area contributed by atoms with E-state index in [1.54, 1.807) is 0 Å². The lowest BCUT2D eigenvalue weighted by Gasteiger charge is -2.12. The predicted octanol–water partition coefficient (Wildman–Crippen LogP) is 7.26. The van der Waals surface area contributed by atoms with Crippen molar-refractivity contribution in [2.75, 3.05) is 0 Å². The molecular formula is C24H36N2. The Bertz CT molecular complexity index is 613. The van der Waals surface area contributed by atoms with Gasteiger partial charge in [-0.1, -0.05) is 95.6 Å². The van der Waals surface area contributed by atoms with Crippen LogP contribution >= 0.6 is 0 Å². The van der Waals surface area contributed by atoms with Gasteiger partial charge in [0.25, 0.3) is 0 Å². The molecule has 0 N–H and O–H groups in total. The van der Waals surface area contributed by atoms with Crippen molar-refractivity contribution in [3.05, 3.63) is 60.7 Å². The molecule has 0 saturated heterocycles. The highest BCUT2D eigenvalue weighted by Crippen LogP contribution is 2.24. The van der Waals surface area contributed by atoms with Gasteiger partial charge < -0.3 is 4.57 Å². The standard InChI is InChI=1S/C24H36N2/c1-3-4-5-6-7-8-9-10-11-12-15-22(2)24-17-14-13-16-23(24)20-26-19-18-25-21-26/h13-14,16-19,21H,2-12,15,20H2,1H3. The topological polar surface area (TPSA) is 17.8 Å². The number of rotatable bonds is 14. The highest BCUT2D eigenvalue weighted by Gasteiger charge is 2.06. The monoisotopic (exact) mass is 352 g/mol. The number of imidazole rings is 1. The van der Waals surface area contributed by atoms with Gasteiger partial charge in [0.15, 0.2) is 0 Å². The summed E-state index contributed by atoms with van der Waals surface area (Å²) in [6.45, 7) is 7.52. The summed E-state index contributed by atoms with van der Waals surface area (Å²) in [4.78, 5) is 4.14. The highest BCUT2D eigenvalue weighted by atomic mass is 15.0. The summed E-state index contributed by atoms with van der Waals surface area (Å²) in [5, 5.41) is 0. The first-order valence-electron chi connectivity index (χ1n) is 10.5. The van der Waals surface area contributed by atoms with Crippen molar-refractivity contribution in [2.45, 2.75) is 84.1 Å². The first kappa shape index (κ1) is 20.5. The Balaban J connectivity index is 1.64. The first-order chi connectivity index (χ1) is 12.8. The molecule has 2 rings (SSSR count). The number of nitrogens with zero attached hydrogens (tertiary/aromatic N) is 2. The van der Waals surface area contributed by atoms with Crippen LogP contribution in [0.25, 0.3) is 5.57 Å². The van der Waals surface area contributed by atoms with Gasteiger partial charge in [0.2, 0.25) is 0 Å². The van der Waals surface area contributed by atoms with E-state index in [-0.39, 0.29) is 0 Å². The van der Waals surface area contributed by atoms with E-state index in [1.807, 2.05) is 18.7 Å². The zero-order valence-corrected chi connectivity index (χ0v) is 16.6. The quantitative estimate of drug-likeness (QED) is 0.327. The molecule has 0 atom stereocenters. The predicted molar refractivity (Wildman–Crippen MR) is 113 cm³/mol. The van der Waals surface area contributed by atoms with Crippen LogP contribution in [-0.2, 0) is 6.54 Å². The molecule has 2 nitrogen and oxygen atoms in total. The summed E-state index contributed by atoms with van der Waals surface area (Å²) in [5.41, 5.74) is 3.93. The maximum absolute atomic E-state index is 4.37. The molecule has 1 aromatic heterocycles. The molecule has 0 amide bonds. The maximum atomic E-state index is 4.37. The Kier molecular flexibility index (Phi) is 9.86. The number of hydrogen-bond donors (Lipinski definition) is 0. The van der Waals surface area contributed by atoms with Gasteiger partial charge in [-0.3, -0.25) is 0 Å². The molecule has 0 aliphatic carbocycles. The van der Waals surface area contributed by atoms with Crippen LogP contribution in [0.1, 0.15) is 88.7 Å². The lowest BCUT2D eigenvalue weighted by atomic mass is 9.96. The summed E-state index contributed by atoms with van der Waals surface area (Å²) in [5.74, 6) is 0. The van der Waals surface area contributed by atoms with Gasteiger partial charge in [-0.25, -0.2) is 4.98 Å². The molecule has 1 aromatic carbocycles. The van der Waals surface area contributed by atoms with Crippen LogP contribution in [0.2, 0.25) is 0 Å². The number of aromatic nitrogens is 2. The molecule has 0 radical (unpaired) electrons. The molecule has 0 spiro atoms. The smallest absolute Gasteiger partial charge is 0.0949 e. The third-order valence-electron chi connectivity index (χ3n) is 5.14. The van der Waals surface area contributed by atoms with Crippen molar-refractivity contribution in [1.82, 2.24) is 9.55 Å². The van der Waals surface area contributed by atoms with Gasteiger partial charge in [-0.05, 0) is 29.5 Å². The normalized spacial score (nSPS) is 11.0. The highest BCUT2D eigenvalue weighted by molar-refractivity contribution is 5.66. The van der Waals surface area contributed by atoms with E-state index >= 15 is 0 Å². The molecule has 0 unspecified atom stereocenters. The van der Waals surface area contributed by atoms with Crippen LogP contribution in [-0.4, -0.2) is 9.55 Å². The molecule has 2 aromatic rings. The van der Waals surface area contributed by atoms with E-state index in [0.717, 1.165) is 13.0 Å². The fraction of sp³-hybridized carbons (Fsp3) is 0.542. The summed E-state index contributed by atoms with van der Waals surface area (Å²) in [6, 6.07) is 8.66.